The number of nitrogens with zero attached hydrogens (tertiary/aromatic N) is 1. The number of rotatable bonds is 9. The summed E-state index contributed by atoms with van der Waals surface area (Å²) in [5.74, 6) is 1.19. The second-order valence-corrected chi connectivity index (χ2v) is 6.87. The molecule has 166 valence electrons. The van der Waals surface area contributed by atoms with Crippen molar-refractivity contribution in [2.75, 3.05) is 13.2 Å². The van der Waals surface area contributed by atoms with Gasteiger partial charge in [0.2, 0.25) is 5.89 Å². The highest BCUT2D eigenvalue weighted by molar-refractivity contribution is 5.88. The number of hydrogen-bond acceptors (Lipinski definition) is 7. The van der Waals surface area contributed by atoms with Crippen molar-refractivity contribution in [1.82, 2.24) is 4.98 Å². The van der Waals surface area contributed by atoms with Gasteiger partial charge < -0.3 is 18.6 Å². The van der Waals surface area contributed by atoms with E-state index in [2.05, 4.69) is 4.98 Å². The molecule has 0 unspecified atom stereocenters. The molecule has 32 heavy (non-hydrogen) atoms. The van der Waals surface area contributed by atoms with Crippen LogP contribution in [-0.4, -0.2) is 30.1 Å². The van der Waals surface area contributed by atoms with E-state index in [0.29, 0.717) is 36.0 Å². The molecule has 1 heterocycles. The van der Waals surface area contributed by atoms with Gasteiger partial charge in [-0.15, -0.1) is 0 Å². The van der Waals surface area contributed by atoms with Crippen LogP contribution in [0, 0.1) is 6.92 Å². The van der Waals surface area contributed by atoms with Gasteiger partial charge >= 0.3 is 11.9 Å². The Hall–Kier alpha value is -3.87. The van der Waals surface area contributed by atoms with Crippen molar-refractivity contribution in [1.29, 1.82) is 0 Å². The Balaban J connectivity index is 1.67. The standard InChI is InChI=1S/C25H25NO6/c1-4-29-24(28)13-11-19-10-12-21(16-23(19)32-18(3)27)30-15-14-22-17(2)31-25(26-22)20-8-6-5-7-9-20/h5-13,16H,4,14-15H2,1-3H3/b13-11+. The van der Waals surface area contributed by atoms with Crippen molar-refractivity contribution >= 4 is 18.0 Å². The highest BCUT2D eigenvalue weighted by Crippen LogP contribution is 2.27. The Kier molecular flexibility index (Phi) is 7.80. The van der Waals surface area contributed by atoms with Crippen molar-refractivity contribution in [2.24, 2.45) is 0 Å². The molecule has 0 aliphatic carbocycles. The van der Waals surface area contributed by atoms with E-state index in [0.717, 1.165) is 17.0 Å². The average molecular weight is 435 g/mol. The number of oxazole rings is 1. The third kappa shape index (κ3) is 6.31. The molecule has 7 nitrogen and oxygen atoms in total. The largest absolute Gasteiger partial charge is 0.493 e. The SMILES string of the molecule is CCOC(=O)/C=C/c1ccc(OCCc2nc(-c3ccccc3)oc2C)cc1OC(C)=O. The third-order valence-corrected chi connectivity index (χ3v) is 4.45. The van der Waals surface area contributed by atoms with E-state index >= 15 is 0 Å². The zero-order valence-electron chi connectivity index (χ0n) is 18.3. The molecule has 0 bridgehead atoms. The van der Waals surface area contributed by atoms with Crippen LogP contribution in [0.5, 0.6) is 11.5 Å². The fraction of sp³-hybridized carbons (Fsp3) is 0.240. The summed E-state index contributed by atoms with van der Waals surface area (Å²) in [4.78, 5) is 27.6. The summed E-state index contributed by atoms with van der Waals surface area (Å²) in [6.07, 6.45) is 3.36. The Labute approximate surface area is 186 Å². The van der Waals surface area contributed by atoms with Crippen molar-refractivity contribution < 1.29 is 28.2 Å². The summed E-state index contributed by atoms with van der Waals surface area (Å²) < 4.78 is 21.7. The molecule has 1 aromatic heterocycles. The molecule has 3 aromatic rings. The lowest BCUT2D eigenvalue weighted by molar-refractivity contribution is -0.137. The first-order valence-electron chi connectivity index (χ1n) is 10.3. The summed E-state index contributed by atoms with van der Waals surface area (Å²) in [6, 6.07) is 14.8. The number of ether oxygens (including phenoxy) is 3. The molecule has 0 N–H and O–H groups in total. The molecule has 7 heteroatoms. The lowest BCUT2D eigenvalue weighted by atomic mass is 10.1. The van der Waals surface area contributed by atoms with Crippen molar-refractivity contribution in [3.63, 3.8) is 0 Å². The molecular formula is C25H25NO6. The van der Waals surface area contributed by atoms with Crippen LogP contribution < -0.4 is 9.47 Å². The molecule has 3 rings (SSSR count). The van der Waals surface area contributed by atoms with Gasteiger partial charge in [0.15, 0.2) is 0 Å². The van der Waals surface area contributed by atoms with E-state index in [9.17, 15) is 9.59 Å². The first-order valence-corrected chi connectivity index (χ1v) is 10.3. The Bertz CT molecular complexity index is 1100. The fourth-order valence-electron chi connectivity index (χ4n) is 2.96. The molecule has 0 aliphatic rings. The normalized spacial score (nSPS) is 10.8. The smallest absolute Gasteiger partial charge is 0.330 e. The highest BCUT2D eigenvalue weighted by atomic mass is 16.5. The summed E-state index contributed by atoms with van der Waals surface area (Å²) in [5.41, 5.74) is 2.29. The van der Waals surface area contributed by atoms with Crippen LogP contribution in [0.15, 0.2) is 59.0 Å². The lowest BCUT2D eigenvalue weighted by Crippen LogP contribution is -2.05. The molecule has 0 spiro atoms. The van der Waals surface area contributed by atoms with Gasteiger partial charge in [0, 0.05) is 36.6 Å². The van der Waals surface area contributed by atoms with Crippen LogP contribution in [0.1, 0.15) is 30.9 Å². The monoisotopic (exact) mass is 435 g/mol. The summed E-state index contributed by atoms with van der Waals surface area (Å²) in [5, 5.41) is 0. The predicted octanol–water partition coefficient (Wildman–Crippen LogP) is 4.77. The van der Waals surface area contributed by atoms with Gasteiger partial charge in [-0.25, -0.2) is 9.78 Å². The van der Waals surface area contributed by atoms with Gasteiger partial charge in [-0.1, -0.05) is 18.2 Å². The van der Waals surface area contributed by atoms with E-state index in [-0.39, 0.29) is 6.61 Å². The molecule has 0 radical (unpaired) electrons. The maximum Gasteiger partial charge on any atom is 0.330 e. The first-order chi connectivity index (χ1) is 15.5. The first kappa shape index (κ1) is 22.8. The molecule has 0 amide bonds. The maximum atomic E-state index is 11.6. The van der Waals surface area contributed by atoms with Gasteiger partial charge in [-0.3, -0.25) is 4.79 Å². The van der Waals surface area contributed by atoms with Gasteiger partial charge in [0.1, 0.15) is 17.3 Å². The third-order valence-electron chi connectivity index (χ3n) is 4.45. The second kappa shape index (κ2) is 10.9. The minimum atomic E-state index is -0.473. The number of hydrogen-bond donors (Lipinski definition) is 0. The van der Waals surface area contributed by atoms with Gasteiger partial charge in [-0.2, -0.15) is 0 Å². The number of carbonyl (C=O) groups excluding carboxylic acids is 2. The van der Waals surface area contributed by atoms with E-state index in [4.69, 9.17) is 18.6 Å². The lowest BCUT2D eigenvalue weighted by Gasteiger charge is -2.10. The number of aromatic nitrogens is 1. The second-order valence-electron chi connectivity index (χ2n) is 6.87. The minimum absolute atomic E-state index is 0.282. The van der Waals surface area contributed by atoms with E-state index < -0.39 is 11.9 Å². The summed E-state index contributed by atoms with van der Waals surface area (Å²) in [6.45, 7) is 5.55. The molecule has 2 aromatic carbocycles. The molecule has 0 atom stereocenters. The topological polar surface area (TPSA) is 87.9 Å². The zero-order chi connectivity index (χ0) is 22.9. The van der Waals surface area contributed by atoms with Crippen LogP contribution in [0.2, 0.25) is 0 Å². The van der Waals surface area contributed by atoms with Crippen LogP contribution in [0.3, 0.4) is 0 Å². The zero-order valence-corrected chi connectivity index (χ0v) is 18.3. The van der Waals surface area contributed by atoms with Gasteiger partial charge in [0.05, 0.1) is 18.9 Å². The summed E-state index contributed by atoms with van der Waals surface area (Å²) >= 11 is 0. The highest BCUT2D eigenvalue weighted by Gasteiger charge is 2.12. The Morgan fingerprint density at radius 1 is 1.12 bits per heavy atom. The molecule has 0 saturated carbocycles. The number of carbonyl (C=O) groups is 2. The Morgan fingerprint density at radius 3 is 2.62 bits per heavy atom. The van der Waals surface area contributed by atoms with Gasteiger partial charge in [-0.05, 0) is 44.2 Å². The average Bonchev–Trinajstić information content (AvgIpc) is 3.14. The van der Waals surface area contributed by atoms with E-state index in [1.54, 1.807) is 25.1 Å². The summed E-state index contributed by atoms with van der Waals surface area (Å²) in [7, 11) is 0. The van der Waals surface area contributed by atoms with Crippen LogP contribution >= 0.6 is 0 Å². The molecule has 0 saturated heterocycles. The molecule has 0 fully saturated rings. The Morgan fingerprint density at radius 2 is 1.91 bits per heavy atom. The van der Waals surface area contributed by atoms with E-state index in [1.165, 1.54) is 19.1 Å². The fourth-order valence-corrected chi connectivity index (χ4v) is 2.96. The number of benzene rings is 2. The van der Waals surface area contributed by atoms with Crippen molar-refractivity contribution in [3.05, 3.63) is 71.6 Å². The van der Waals surface area contributed by atoms with Gasteiger partial charge in [0.25, 0.3) is 0 Å². The van der Waals surface area contributed by atoms with Crippen molar-refractivity contribution in [2.45, 2.75) is 27.2 Å². The molecule has 0 aliphatic heterocycles. The number of aryl methyl sites for hydroxylation is 1. The number of esters is 2. The van der Waals surface area contributed by atoms with Crippen LogP contribution in [0.4, 0.5) is 0 Å². The quantitative estimate of drug-likeness (QED) is 0.272. The van der Waals surface area contributed by atoms with Crippen LogP contribution in [-0.2, 0) is 20.7 Å². The maximum absolute atomic E-state index is 11.6. The van der Waals surface area contributed by atoms with Crippen LogP contribution in [0.25, 0.3) is 17.5 Å². The van der Waals surface area contributed by atoms with E-state index in [1.807, 2.05) is 37.3 Å². The predicted molar refractivity (Wildman–Crippen MR) is 119 cm³/mol. The molecular weight excluding hydrogens is 410 g/mol. The minimum Gasteiger partial charge on any atom is -0.493 e. The van der Waals surface area contributed by atoms with Crippen molar-refractivity contribution in [3.8, 4) is 23.0 Å².